The molecule has 0 spiro atoms. The Kier molecular flexibility index (Phi) is 17.7. The van der Waals surface area contributed by atoms with Crippen molar-refractivity contribution in [2.24, 2.45) is 0 Å². The van der Waals surface area contributed by atoms with Crippen LogP contribution in [0.1, 0.15) is 72.1 Å². The first-order valence-electron chi connectivity index (χ1n) is 27.5. The standard InChI is InChI=1S/C72H62O10/c1-51-61(37-38-63(75-45-53-25-11-3-12-26-53)69(51)79-49-57-33-19-7-20-34-57)72(73)82-68-43-62-64(76-46-54-27-13-4-14-28-54)41-60(74-44-52-23-9-2-10-24-52)42-65(62)81-70(68)59-39-66(77-47-55-29-15-5-16-30-55)71(80-50-58-35-21-8-22-36-58)67(40-59)78-48-56-31-17-6-18-32-56/h2-42,68,70H,43-50H2,1H3/t68-,70+/m1/s1. The summed E-state index contributed by atoms with van der Waals surface area (Å²) in [5.41, 5.74) is 8.95. The summed E-state index contributed by atoms with van der Waals surface area (Å²) in [7, 11) is 0. The molecule has 0 aliphatic carbocycles. The van der Waals surface area contributed by atoms with Gasteiger partial charge < -0.3 is 42.6 Å². The summed E-state index contributed by atoms with van der Waals surface area (Å²) in [4.78, 5) is 15.2. The lowest BCUT2D eigenvalue weighted by atomic mass is 9.93. The zero-order valence-electron chi connectivity index (χ0n) is 45.6. The van der Waals surface area contributed by atoms with Crippen molar-refractivity contribution in [2.75, 3.05) is 0 Å². The molecule has 10 aromatic rings. The van der Waals surface area contributed by atoms with Gasteiger partial charge in [-0.25, -0.2) is 4.79 Å². The quantitative estimate of drug-likeness (QED) is 0.0544. The van der Waals surface area contributed by atoms with Gasteiger partial charge in [0, 0.05) is 35.2 Å². The number of rotatable bonds is 24. The van der Waals surface area contributed by atoms with Crippen molar-refractivity contribution in [1.29, 1.82) is 0 Å². The molecular formula is C72H62O10. The first-order chi connectivity index (χ1) is 40.5. The van der Waals surface area contributed by atoms with Gasteiger partial charge >= 0.3 is 5.97 Å². The molecule has 0 fully saturated rings. The third-order valence-corrected chi connectivity index (χ3v) is 14.0. The molecule has 0 unspecified atom stereocenters. The molecule has 0 bridgehead atoms. The fraction of sp³-hybridized carbons (Fsp3) is 0.153. The van der Waals surface area contributed by atoms with Crippen LogP contribution >= 0.6 is 0 Å². The van der Waals surface area contributed by atoms with Crippen molar-refractivity contribution < 1.29 is 47.4 Å². The monoisotopic (exact) mass is 1090 g/mol. The Hall–Kier alpha value is -9.93. The largest absolute Gasteiger partial charge is 0.489 e. The van der Waals surface area contributed by atoms with E-state index in [-0.39, 0.29) is 39.5 Å². The second-order valence-corrected chi connectivity index (χ2v) is 19.9. The van der Waals surface area contributed by atoms with Gasteiger partial charge in [0.1, 0.15) is 69.6 Å². The molecule has 11 rings (SSSR count). The van der Waals surface area contributed by atoms with Crippen LogP contribution in [0.5, 0.6) is 46.0 Å². The van der Waals surface area contributed by atoms with E-state index in [1.54, 1.807) is 12.1 Å². The number of ether oxygens (including phenoxy) is 9. The van der Waals surface area contributed by atoms with Gasteiger partial charge in [-0.3, -0.25) is 0 Å². The average Bonchev–Trinajstić information content (AvgIpc) is 3.67. The van der Waals surface area contributed by atoms with E-state index in [1.807, 2.05) is 244 Å². The fourth-order valence-electron chi connectivity index (χ4n) is 9.66. The van der Waals surface area contributed by atoms with Gasteiger partial charge in [-0.15, -0.1) is 0 Å². The molecule has 82 heavy (non-hydrogen) atoms. The van der Waals surface area contributed by atoms with E-state index in [1.165, 1.54) is 0 Å². The van der Waals surface area contributed by atoms with Gasteiger partial charge in [0.2, 0.25) is 5.75 Å². The summed E-state index contributed by atoms with van der Waals surface area (Å²) in [6.45, 7) is 3.65. The fourth-order valence-corrected chi connectivity index (χ4v) is 9.66. The Morgan fingerprint density at radius 1 is 0.390 bits per heavy atom. The maximum atomic E-state index is 15.2. The lowest BCUT2D eigenvalue weighted by molar-refractivity contribution is -0.0191. The van der Waals surface area contributed by atoms with Crippen molar-refractivity contribution in [1.82, 2.24) is 0 Å². The number of hydrogen-bond acceptors (Lipinski definition) is 10. The predicted octanol–water partition coefficient (Wildman–Crippen LogP) is 15.9. The van der Waals surface area contributed by atoms with Crippen LogP contribution in [-0.2, 0) is 57.4 Å². The maximum Gasteiger partial charge on any atom is 0.338 e. The minimum Gasteiger partial charge on any atom is -0.489 e. The van der Waals surface area contributed by atoms with E-state index in [2.05, 4.69) is 0 Å². The second kappa shape index (κ2) is 26.8. The van der Waals surface area contributed by atoms with Gasteiger partial charge in [-0.2, -0.15) is 0 Å². The Morgan fingerprint density at radius 3 is 1.18 bits per heavy atom. The van der Waals surface area contributed by atoms with Crippen LogP contribution in [0, 0.1) is 6.92 Å². The summed E-state index contributed by atoms with van der Waals surface area (Å²) in [5, 5.41) is 0. The summed E-state index contributed by atoms with van der Waals surface area (Å²) in [6.07, 6.45) is -1.69. The summed E-state index contributed by atoms with van der Waals surface area (Å²) >= 11 is 0. The third kappa shape index (κ3) is 14.1. The maximum absolute atomic E-state index is 15.2. The average molecular weight is 1090 g/mol. The molecule has 0 saturated heterocycles. The molecule has 10 aromatic carbocycles. The molecule has 1 aliphatic rings. The molecule has 10 heteroatoms. The van der Waals surface area contributed by atoms with Crippen LogP contribution in [0.4, 0.5) is 0 Å². The molecule has 410 valence electrons. The van der Waals surface area contributed by atoms with Crippen LogP contribution in [0.15, 0.2) is 249 Å². The number of hydrogen-bond donors (Lipinski definition) is 0. The molecule has 0 radical (unpaired) electrons. The smallest absolute Gasteiger partial charge is 0.338 e. The van der Waals surface area contributed by atoms with Gasteiger partial charge in [-0.05, 0) is 70.1 Å². The van der Waals surface area contributed by atoms with E-state index in [0.717, 1.165) is 38.9 Å². The van der Waals surface area contributed by atoms with Crippen molar-refractivity contribution in [2.45, 2.75) is 71.8 Å². The van der Waals surface area contributed by atoms with Crippen LogP contribution in [0.25, 0.3) is 0 Å². The van der Waals surface area contributed by atoms with Crippen molar-refractivity contribution in [3.8, 4) is 46.0 Å². The number of carbonyl (C=O) groups is 1. The zero-order valence-corrected chi connectivity index (χ0v) is 45.6. The number of esters is 1. The molecule has 2 atom stereocenters. The Bertz CT molecular complexity index is 3580. The van der Waals surface area contributed by atoms with Crippen LogP contribution < -0.4 is 37.9 Å². The molecule has 0 aromatic heterocycles. The highest BCUT2D eigenvalue weighted by Gasteiger charge is 2.39. The van der Waals surface area contributed by atoms with Crippen molar-refractivity contribution >= 4 is 5.97 Å². The van der Waals surface area contributed by atoms with Gasteiger partial charge in [0.05, 0.1) is 5.56 Å². The van der Waals surface area contributed by atoms with Crippen LogP contribution in [0.3, 0.4) is 0 Å². The highest BCUT2D eigenvalue weighted by atomic mass is 16.6. The van der Waals surface area contributed by atoms with Crippen molar-refractivity contribution in [3.63, 3.8) is 0 Å². The third-order valence-electron chi connectivity index (χ3n) is 14.0. The van der Waals surface area contributed by atoms with Crippen molar-refractivity contribution in [3.05, 3.63) is 310 Å². The highest BCUT2D eigenvalue weighted by molar-refractivity contribution is 5.92. The zero-order chi connectivity index (χ0) is 55.7. The number of benzene rings is 10. The SMILES string of the molecule is Cc1c(C(=O)O[C@@H]2Cc3c(OCc4ccccc4)cc(OCc4ccccc4)cc3O[C@H]2c2cc(OCc3ccccc3)c(OCc3ccccc3)c(OCc3ccccc3)c2)ccc(OCc2ccccc2)c1OCc1ccccc1. The Labute approximate surface area is 479 Å². The first kappa shape index (κ1) is 54.0. The molecule has 0 N–H and O–H groups in total. The first-order valence-corrected chi connectivity index (χ1v) is 27.5. The van der Waals surface area contributed by atoms with E-state index in [9.17, 15) is 0 Å². The van der Waals surface area contributed by atoms with Gasteiger partial charge in [0.25, 0.3) is 0 Å². The van der Waals surface area contributed by atoms with Gasteiger partial charge in [-0.1, -0.05) is 212 Å². The van der Waals surface area contributed by atoms with E-state index in [4.69, 9.17) is 42.6 Å². The van der Waals surface area contributed by atoms with E-state index < -0.39 is 18.2 Å². The summed E-state index contributed by atoms with van der Waals surface area (Å²) in [5.74, 6) is 3.14. The predicted molar refractivity (Wildman–Crippen MR) is 316 cm³/mol. The molecular weight excluding hydrogens is 1020 g/mol. The normalized spacial score (nSPS) is 13.4. The van der Waals surface area contributed by atoms with E-state index in [0.29, 0.717) is 81.5 Å². The highest BCUT2D eigenvalue weighted by Crippen LogP contribution is 2.48. The lowest BCUT2D eigenvalue weighted by Crippen LogP contribution is -2.35. The number of carbonyl (C=O) groups excluding carboxylic acids is 1. The van der Waals surface area contributed by atoms with E-state index >= 15 is 4.79 Å². The second-order valence-electron chi connectivity index (χ2n) is 19.9. The molecule has 1 aliphatic heterocycles. The van der Waals surface area contributed by atoms with Crippen LogP contribution in [0.2, 0.25) is 0 Å². The minimum atomic E-state index is -0.947. The minimum absolute atomic E-state index is 0.191. The topological polar surface area (TPSA) is 100 Å². The Morgan fingerprint density at radius 2 is 0.756 bits per heavy atom. The Balaban J connectivity index is 1.01. The molecule has 1 heterocycles. The number of fused-ring (bicyclic) bond motifs is 1. The summed E-state index contributed by atoms with van der Waals surface area (Å²) in [6, 6.07) is 80.6. The molecule has 0 saturated carbocycles. The lowest BCUT2D eigenvalue weighted by Gasteiger charge is -2.35. The van der Waals surface area contributed by atoms with Gasteiger partial charge in [0.15, 0.2) is 29.1 Å². The molecule has 10 nitrogen and oxygen atoms in total. The summed E-state index contributed by atoms with van der Waals surface area (Å²) < 4.78 is 60.6. The van der Waals surface area contributed by atoms with Crippen LogP contribution in [-0.4, -0.2) is 12.1 Å². The molecule has 0 amide bonds.